The highest BCUT2D eigenvalue weighted by atomic mass is 32.2. The van der Waals surface area contributed by atoms with E-state index in [1.807, 2.05) is 0 Å². The Kier molecular flexibility index (Phi) is 6.12. The van der Waals surface area contributed by atoms with Crippen LogP contribution in [0.5, 0.6) is 5.88 Å². The summed E-state index contributed by atoms with van der Waals surface area (Å²) in [7, 11) is 1.40. The van der Waals surface area contributed by atoms with E-state index in [4.69, 9.17) is 4.74 Å². The van der Waals surface area contributed by atoms with Crippen molar-refractivity contribution in [3.8, 4) is 5.88 Å². The molecule has 164 valence electrons. The van der Waals surface area contributed by atoms with Crippen LogP contribution in [0.25, 0.3) is 0 Å². The zero-order valence-electron chi connectivity index (χ0n) is 16.3. The van der Waals surface area contributed by atoms with E-state index in [1.54, 1.807) is 12.1 Å². The van der Waals surface area contributed by atoms with Gasteiger partial charge in [-0.05, 0) is 24.3 Å². The van der Waals surface area contributed by atoms with Crippen molar-refractivity contribution in [3.05, 3.63) is 53.7 Å². The first-order chi connectivity index (χ1) is 14.9. The minimum Gasteiger partial charge on any atom is -0.481 e. The standard InChI is InChI=1S/C20H18F4N4O2S/c1-30-17-12(3-2-6-25-17)20-28(19(29)16-13(23)7-11(22)8-14(16)24)27-18(31-20)15-5-4-10(21)9-26-15/h2-6,9,11,13-14,16,20H,7-8H2,1H3/t11?,13-,14?,16?,20?/m0/s1. The van der Waals surface area contributed by atoms with Crippen molar-refractivity contribution in [1.29, 1.82) is 0 Å². The van der Waals surface area contributed by atoms with Crippen LogP contribution in [0.1, 0.15) is 29.5 Å². The van der Waals surface area contributed by atoms with Gasteiger partial charge < -0.3 is 4.74 Å². The van der Waals surface area contributed by atoms with Gasteiger partial charge in [0.15, 0.2) is 0 Å². The highest BCUT2D eigenvalue weighted by Gasteiger charge is 2.48. The number of thioether (sulfide) groups is 1. The average Bonchev–Trinajstić information content (AvgIpc) is 3.18. The van der Waals surface area contributed by atoms with Crippen LogP contribution in [0.15, 0.2) is 41.8 Å². The third-order valence-electron chi connectivity index (χ3n) is 5.10. The third-order valence-corrected chi connectivity index (χ3v) is 6.29. The molecule has 4 rings (SSSR count). The number of carbonyl (C=O) groups is 1. The number of carbonyl (C=O) groups excluding carboxylic acids is 1. The van der Waals surface area contributed by atoms with E-state index in [9.17, 15) is 22.4 Å². The molecule has 0 bridgehead atoms. The molecule has 2 aliphatic rings. The molecule has 11 heteroatoms. The molecule has 0 aromatic carbocycles. The number of methoxy groups -OCH3 is 1. The summed E-state index contributed by atoms with van der Waals surface area (Å²) in [5, 5.41) is 4.63. The number of hydrogen-bond donors (Lipinski definition) is 0. The number of hydrazone groups is 1. The van der Waals surface area contributed by atoms with E-state index in [-0.39, 0.29) is 16.6 Å². The number of amides is 1. The predicted molar refractivity (Wildman–Crippen MR) is 106 cm³/mol. The first kappa shape index (κ1) is 21.5. The number of aromatic nitrogens is 2. The Balaban J connectivity index is 1.72. The maximum atomic E-state index is 14.5. The Hall–Kier alpha value is -2.69. The van der Waals surface area contributed by atoms with Gasteiger partial charge in [-0.2, -0.15) is 5.10 Å². The van der Waals surface area contributed by atoms with Gasteiger partial charge >= 0.3 is 0 Å². The normalized spacial score (nSPS) is 28.4. The molecular weight excluding hydrogens is 436 g/mol. The van der Waals surface area contributed by atoms with Gasteiger partial charge in [0.2, 0.25) is 5.88 Å². The quantitative estimate of drug-likeness (QED) is 0.654. The van der Waals surface area contributed by atoms with E-state index in [0.29, 0.717) is 5.56 Å². The van der Waals surface area contributed by atoms with Crippen molar-refractivity contribution in [3.63, 3.8) is 0 Å². The summed E-state index contributed by atoms with van der Waals surface area (Å²) in [5.41, 5.74) is 0.741. The van der Waals surface area contributed by atoms with Gasteiger partial charge in [0, 0.05) is 24.6 Å². The molecule has 0 saturated heterocycles. The minimum atomic E-state index is -1.98. The Bertz CT molecular complexity index is 981. The van der Waals surface area contributed by atoms with E-state index < -0.39 is 54.4 Å². The molecule has 2 aromatic heterocycles. The van der Waals surface area contributed by atoms with Gasteiger partial charge in [-0.15, -0.1) is 0 Å². The molecule has 1 aliphatic heterocycles. The van der Waals surface area contributed by atoms with Gasteiger partial charge in [0.1, 0.15) is 40.7 Å². The summed E-state index contributed by atoms with van der Waals surface area (Å²) in [6, 6.07) is 5.85. The number of alkyl halides is 3. The summed E-state index contributed by atoms with van der Waals surface area (Å²) in [6.07, 6.45) is -4.19. The number of rotatable bonds is 4. The fourth-order valence-electron chi connectivity index (χ4n) is 3.63. The summed E-state index contributed by atoms with van der Waals surface area (Å²) in [6.45, 7) is 0. The smallest absolute Gasteiger partial charge is 0.253 e. The first-order valence-electron chi connectivity index (χ1n) is 9.50. The lowest BCUT2D eigenvalue weighted by Gasteiger charge is -2.33. The molecule has 6 nitrogen and oxygen atoms in total. The largest absolute Gasteiger partial charge is 0.481 e. The van der Waals surface area contributed by atoms with Crippen LogP contribution in [0.3, 0.4) is 0 Å². The third kappa shape index (κ3) is 4.23. The van der Waals surface area contributed by atoms with Gasteiger partial charge in [-0.25, -0.2) is 27.6 Å². The van der Waals surface area contributed by atoms with Gasteiger partial charge in [-0.1, -0.05) is 11.8 Å². The van der Waals surface area contributed by atoms with Crippen LogP contribution >= 0.6 is 11.8 Å². The summed E-state index contributed by atoms with van der Waals surface area (Å²) in [5.74, 6) is -2.92. The second kappa shape index (κ2) is 8.81. The predicted octanol–water partition coefficient (Wildman–Crippen LogP) is 3.98. The maximum Gasteiger partial charge on any atom is 0.253 e. The molecule has 31 heavy (non-hydrogen) atoms. The van der Waals surface area contributed by atoms with Gasteiger partial charge in [0.05, 0.1) is 19.0 Å². The lowest BCUT2D eigenvalue weighted by atomic mass is 9.84. The highest BCUT2D eigenvalue weighted by molar-refractivity contribution is 8.14. The van der Waals surface area contributed by atoms with E-state index in [1.165, 1.54) is 25.4 Å². The zero-order chi connectivity index (χ0) is 22.1. The number of halogens is 4. The van der Waals surface area contributed by atoms with Crippen molar-refractivity contribution < 1.29 is 27.1 Å². The van der Waals surface area contributed by atoms with Crippen LogP contribution in [0.4, 0.5) is 17.6 Å². The number of nitrogens with zero attached hydrogens (tertiary/aromatic N) is 4. The van der Waals surface area contributed by atoms with E-state index in [2.05, 4.69) is 15.1 Å². The zero-order valence-corrected chi connectivity index (χ0v) is 17.1. The van der Waals surface area contributed by atoms with Crippen molar-refractivity contribution >= 4 is 22.7 Å². The molecule has 1 amide bonds. The Morgan fingerprint density at radius 2 is 1.90 bits per heavy atom. The van der Waals surface area contributed by atoms with Crippen LogP contribution in [-0.2, 0) is 4.79 Å². The Morgan fingerprint density at radius 3 is 2.55 bits per heavy atom. The molecule has 1 fully saturated rings. The Morgan fingerprint density at radius 1 is 1.16 bits per heavy atom. The molecule has 0 radical (unpaired) electrons. The molecule has 1 aliphatic carbocycles. The van der Waals surface area contributed by atoms with Crippen LogP contribution < -0.4 is 4.74 Å². The van der Waals surface area contributed by atoms with Gasteiger partial charge in [0.25, 0.3) is 5.91 Å². The van der Waals surface area contributed by atoms with Crippen LogP contribution in [0.2, 0.25) is 0 Å². The molecular formula is C20H18F4N4O2S. The topological polar surface area (TPSA) is 67.7 Å². The summed E-state index contributed by atoms with van der Waals surface area (Å²) in [4.78, 5) is 21.3. The SMILES string of the molecule is COc1ncccc1C1SC(c2ccc(F)cn2)=NN1C(=O)C1C(F)CC(F)C[C@@H]1F. The number of ether oxygens (including phenoxy) is 1. The number of pyridine rings is 2. The maximum absolute atomic E-state index is 14.5. The minimum absolute atomic E-state index is 0.211. The summed E-state index contributed by atoms with van der Waals surface area (Å²) < 4.78 is 61.1. The molecule has 0 N–H and O–H groups in total. The molecule has 3 heterocycles. The van der Waals surface area contributed by atoms with Crippen LogP contribution in [0, 0.1) is 11.7 Å². The van der Waals surface area contributed by atoms with E-state index in [0.717, 1.165) is 23.0 Å². The molecule has 5 atom stereocenters. The number of hydrogen-bond acceptors (Lipinski definition) is 6. The highest BCUT2D eigenvalue weighted by Crippen LogP contribution is 2.45. The molecule has 0 spiro atoms. The monoisotopic (exact) mass is 454 g/mol. The fraction of sp³-hybridized carbons (Fsp3) is 0.400. The lowest BCUT2D eigenvalue weighted by molar-refractivity contribution is -0.144. The van der Waals surface area contributed by atoms with E-state index >= 15 is 0 Å². The second-order valence-electron chi connectivity index (χ2n) is 7.15. The molecule has 1 saturated carbocycles. The lowest BCUT2D eigenvalue weighted by Crippen LogP contribution is -2.46. The fourth-order valence-corrected chi connectivity index (χ4v) is 4.78. The van der Waals surface area contributed by atoms with Crippen molar-refractivity contribution in [2.45, 2.75) is 36.7 Å². The van der Waals surface area contributed by atoms with Gasteiger partial charge in [-0.3, -0.25) is 9.78 Å². The second-order valence-corrected chi connectivity index (χ2v) is 8.22. The summed E-state index contributed by atoms with van der Waals surface area (Å²) >= 11 is 1.09. The Labute approximate surface area is 179 Å². The average molecular weight is 454 g/mol. The van der Waals surface area contributed by atoms with Crippen molar-refractivity contribution in [1.82, 2.24) is 15.0 Å². The molecule has 2 aromatic rings. The van der Waals surface area contributed by atoms with Crippen molar-refractivity contribution in [2.75, 3.05) is 7.11 Å². The first-order valence-corrected chi connectivity index (χ1v) is 10.4. The molecule has 4 unspecified atom stereocenters. The van der Waals surface area contributed by atoms with Crippen LogP contribution in [-0.4, -0.2) is 51.6 Å². The van der Waals surface area contributed by atoms with Crippen molar-refractivity contribution in [2.24, 2.45) is 11.0 Å².